The molecule has 0 fully saturated rings. The Morgan fingerprint density at radius 1 is 0.400 bits per heavy atom. The largest absolute Gasteiger partial charge is 0.466 e. The molecule has 0 radical (unpaired) electrons. The Kier molecular flexibility index (Phi) is 56.2. The van der Waals surface area contributed by atoms with Gasteiger partial charge in [0.25, 0.3) is 0 Å². The maximum Gasteiger partial charge on any atom is 0.305 e. The minimum absolute atomic E-state index is 0.0134. The molecule has 384 valence electrons. The molecule has 0 saturated heterocycles. The van der Waals surface area contributed by atoms with Gasteiger partial charge in [-0.2, -0.15) is 5.06 Å². The SMILES string of the molecule is CCCCC/C=C\C/C=C\CCCCCCCCN(O)CCCCCCCCCC(=O)OCCCCCCCCCCCN(CCCl)CCCCCCCC/C=C\CCCCCCCC. The van der Waals surface area contributed by atoms with Crippen molar-refractivity contribution >= 4 is 17.6 Å². The molecule has 0 aliphatic heterocycles. The summed E-state index contributed by atoms with van der Waals surface area (Å²) in [6.07, 6.45) is 68.2. The van der Waals surface area contributed by atoms with Crippen LogP contribution in [0, 0.1) is 0 Å². The van der Waals surface area contributed by atoms with E-state index in [4.69, 9.17) is 16.3 Å². The van der Waals surface area contributed by atoms with Crippen LogP contribution in [0.15, 0.2) is 36.5 Å². The van der Waals surface area contributed by atoms with E-state index in [0.717, 1.165) is 64.0 Å². The second kappa shape index (κ2) is 57.2. The molecule has 1 N–H and O–H groups in total. The van der Waals surface area contributed by atoms with Crippen LogP contribution in [-0.4, -0.2) is 66.4 Å². The number of hydrogen-bond donors (Lipinski definition) is 1. The average molecular weight is 934 g/mol. The van der Waals surface area contributed by atoms with E-state index in [0.29, 0.717) is 13.0 Å². The standard InChI is InChI=1S/C59H113ClN2O3/c1-3-5-7-9-11-13-15-17-19-21-23-25-28-34-40-46-53-61(57-52-60)54-47-41-35-29-27-31-38-44-50-58-65-59(63)51-45-39-33-32-37-43-49-56-62(64)55-48-42-36-30-26-24-22-20-18-16-14-12-10-8-6-4-2/h12,14,17-20,64H,3-11,13,15-16,21-58H2,1-2H3/b14-12-,19-17-,20-18-. The van der Waals surface area contributed by atoms with Gasteiger partial charge in [0, 0.05) is 31.9 Å². The van der Waals surface area contributed by atoms with Gasteiger partial charge < -0.3 is 14.8 Å². The summed E-state index contributed by atoms with van der Waals surface area (Å²) in [6.45, 7) is 10.2. The molecule has 0 aromatic rings. The van der Waals surface area contributed by atoms with Crippen molar-refractivity contribution in [2.75, 3.05) is 45.2 Å². The zero-order valence-electron chi connectivity index (χ0n) is 43.9. The van der Waals surface area contributed by atoms with Crippen LogP contribution in [0.3, 0.4) is 0 Å². The van der Waals surface area contributed by atoms with E-state index in [1.54, 1.807) is 0 Å². The van der Waals surface area contributed by atoms with Crippen molar-refractivity contribution < 1.29 is 14.7 Å². The molecule has 0 rings (SSSR count). The van der Waals surface area contributed by atoms with Crippen molar-refractivity contribution in [3.63, 3.8) is 0 Å². The number of halogens is 1. The fourth-order valence-electron chi connectivity index (χ4n) is 8.81. The highest BCUT2D eigenvalue weighted by molar-refractivity contribution is 6.18. The molecule has 0 unspecified atom stereocenters. The fourth-order valence-corrected chi connectivity index (χ4v) is 9.05. The number of esters is 1. The first kappa shape index (κ1) is 63.9. The number of hydrogen-bond acceptors (Lipinski definition) is 5. The van der Waals surface area contributed by atoms with Gasteiger partial charge in [-0.1, -0.05) is 224 Å². The Hall–Kier alpha value is -1.14. The Morgan fingerprint density at radius 2 is 0.723 bits per heavy atom. The Morgan fingerprint density at radius 3 is 1.15 bits per heavy atom. The van der Waals surface area contributed by atoms with Crippen LogP contribution < -0.4 is 0 Å². The van der Waals surface area contributed by atoms with Gasteiger partial charge in [0.1, 0.15) is 0 Å². The Bertz CT molecular complexity index is 1000. The van der Waals surface area contributed by atoms with E-state index in [2.05, 4.69) is 55.2 Å². The number of hydroxylamine groups is 2. The monoisotopic (exact) mass is 933 g/mol. The average Bonchev–Trinajstić information content (AvgIpc) is 3.30. The molecular weight excluding hydrogens is 820 g/mol. The molecule has 0 aromatic carbocycles. The Labute approximate surface area is 412 Å². The predicted molar refractivity (Wildman–Crippen MR) is 289 cm³/mol. The number of allylic oxidation sites excluding steroid dienone is 6. The maximum absolute atomic E-state index is 12.2. The first-order valence-corrected chi connectivity index (χ1v) is 29.5. The fraction of sp³-hybridized carbons (Fsp3) is 0.881. The summed E-state index contributed by atoms with van der Waals surface area (Å²) in [5.41, 5.74) is 0. The number of unbranched alkanes of at least 4 members (excludes halogenated alkanes) is 35. The minimum Gasteiger partial charge on any atom is -0.466 e. The summed E-state index contributed by atoms with van der Waals surface area (Å²) in [5.74, 6) is 0.733. The van der Waals surface area contributed by atoms with Gasteiger partial charge in [-0.3, -0.25) is 4.79 Å². The summed E-state index contributed by atoms with van der Waals surface area (Å²) in [5, 5.41) is 11.8. The topological polar surface area (TPSA) is 53.0 Å². The molecule has 0 atom stereocenters. The molecule has 0 aliphatic rings. The summed E-state index contributed by atoms with van der Waals surface area (Å²) < 4.78 is 5.51. The highest BCUT2D eigenvalue weighted by atomic mass is 35.5. The van der Waals surface area contributed by atoms with E-state index >= 15 is 0 Å². The summed E-state index contributed by atoms with van der Waals surface area (Å²) in [6, 6.07) is 0. The number of ether oxygens (including phenoxy) is 1. The van der Waals surface area contributed by atoms with Crippen molar-refractivity contribution in [3.8, 4) is 0 Å². The molecule has 0 heterocycles. The number of nitrogens with zero attached hydrogens (tertiary/aromatic N) is 2. The van der Waals surface area contributed by atoms with Crippen molar-refractivity contribution in [2.45, 2.75) is 290 Å². The van der Waals surface area contributed by atoms with Crippen LogP contribution in [-0.2, 0) is 9.53 Å². The van der Waals surface area contributed by atoms with Crippen LogP contribution in [0.2, 0.25) is 0 Å². The maximum atomic E-state index is 12.2. The molecule has 6 heteroatoms. The first-order chi connectivity index (χ1) is 32.1. The lowest BCUT2D eigenvalue weighted by atomic mass is 10.1. The van der Waals surface area contributed by atoms with Crippen LogP contribution in [0.1, 0.15) is 290 Å². The number of carbonyl (C=O) groups is 1. The van der Waals surface area contributed by atoms with E-state index in [1.165, 1.54) is 249 Å². The zero-order chi connectivity index (χ0) is 47.0. The highest BCUT2D eigenvalue weighted by Gasteiger charge is 2.06. The van der Waals surface area contributed by atoms with Crippen LogP contribution in [0.25, 0.3) is 0 Å². The van der Waals surface area contributed by atoms with Crippen LogP contribution in [0.4, 0.5) is 0 Å². The number of rotatable bonds is 55. The number of alkyl halides is 1. The molecule has 5 nitrogen and oxygen atoms in total. The molecule has 0 aliphatic carbocycles. The van der Waals surface area contributed by atoms with Gasteiger partial charge in [-0.05, 0) is 109 Å². The van der Waals surface area contributed by atoms with Crippen LogP contribution in [0.5, 0.6) is 0 Å². The highest BCUT2D eigenvalue weighted by Crippen LogP contribution is 2.15. The van der Waals surface area contributed by atoms with Gasteiger partial charge in [-0.25, -0.2) is 0 Å². The van der Waals surface area contributed by atoms with Gasteiger partial charge in [0.15, 0.2) is 0 Å². The first-order valence-electron chi connectivity index (χ1n) is 29.0. The molecule has 0 spiro atoms. The van der Waals surface area contributed by atoms with Gasteiger partial charge in [0.05, 0.1) is 6.61 Å². The summed E-state index contributed by atoms with van der Waals surface area (Å²) in [7, 11) is 0. The second-order valence-corrected chi connectivity index (χ2v) is 20.0. The van der Waals surface area contributed by atoms with Gasteiger partial charge >= 0.3 is 5.97 Å². The van der Waals surface area contributed by atoms with E-state index < -0.39 is 0 Å². The van der Waals surface area contributed by atoms with Crippen LogP contribution >= 0.6 is 11.6 Å². The Balaban J connectivity index is 3.43. The second-order valence-electron chi connectivity index (χ2n) is 19.6. The third-order valence-electron chi connectivity index (χ3n) is 13.2. The molecule has 65 heavy (non-hydrogen) atoms. The third kappa shape index (κ3) is 55.3. The lowest BCUT2D eigenvalue weighted by Gasteiger charge is -2.21. The lowest BCUT2D eigenvalue weighted by molar-refractivity contribution is -0.143. The van der Waals surface area contributed by atoms with E-state index in [-0.39, 0.29) is 5.97 Å². The van der Waals surface area contributed by atoms with Crippen molar-refractivity contribution in [2.24, 2.45) is 0 Å². The molecular formula is C59H113ClN2O3. The third-order valence-corrected chi connectivity index (χ3v) is 13.4. The minimum atomic E-state index is -0.0134. The summed E-state index contributed by atoms with van der Waals surface area (Å²) in [4.78, 5) is 14.8. The van der Waals surface area contributed by atoms with Gasteiger partial charge in [-0.15, -0.1) is 11.6 Å². The van der Waals surface area contributed by atoms with Gasteiger partial charge in [0.2, 0.25) is 0 Å². The van der Waals surface area contributed by atoms with Crippen molar-refractivity contribution in [1.29, 1.82) is 0 Å². The molecule has 0 amide bonds. The zero-order valence-corrected chi connectivity index (χ0v) is 44.6. The van der Waals surface area contributed by atoms with Crippen molar-refractivity contribution in [1.82, 2.24) is 9.96 Å². The lowest BCUT2D eigenvalue weighted by Crippen LogP contribution is -2.28. The van der Waals surface area contributed by atoms with Crippen molar-refractivity contribution in [3.05, 3.63) is 36.5 Å². The molecule has 0 bridgehead atoms. The molecule has 0 saturated carbocycles. The summed E-state index contributed by atoms with van der Waals surface area (Å²) >= 11 is 6.14. The van der Waals surface area contributed by atoms with E-state index in [9.17, 15) is 10.0 Å². The number of carbonyl (C=O) groups excluding carboxylic acids is 1. The smallest absolute Gasteiger partial charge is 0.305 e. The predicted octanol–water partition coefficient (Wildman–Crippen LogP) is 19.2. The molecule has 0 aromatic heterocycles. The normalized spacial score (nSPS) is 12.2. The quantitative estimate of drug-likeness (QED) is 0.0217. The van der Waals surface area contributed by atoms with E-state index in [1.807, 2.05) is 0 Å².